The lowest BCUT2D eigenvalue weighted by atomic mass is 10.1. The summed E-state index contributed by atoms with van der Waals surface area (Å²) in [5.74, 6) is 0. The van der Waals surface area contributed by atoms with Crippen LogP contribution in [0.2, 0.25) is 0 Å². The minimum atomic E-state index is -0.635. The number of nitrogens with two attached hydrogens (primary N) is 1. The van der Waals surface area contributed by atoms with Crippen LogP contribution in [0.4, 0.5) is 0 Å². The summed E-state index contributed by atoms with van der Waals surface area (Å²) >= 11 is 0. The highest BCUT2D eigenvalue weighted by molar-refractivity contribution is 4.75. The third-order valence-electron chi connectivity index (χ3n) is 1.43. The Labute approximate surface area is 53.7 Å². The summed E-state index contributed by atoms with van der Waals surface area (Å²) in [5, 5.41) is 20.6. The Bertz CT molecular complexity index is 73.9. The van der Waals surface area contributed by atoms with Crippen LogP contribution in [0.25, 0.3) is 0 Å². The predicted molar refractivity (Wildman–Crippen MR) is 32.4 cm³/mol. The molecule has 0 saturated carbocycles. The Hall–Kier alpha value is -0.160. The molecule has 3 atom stereocenters. The van der Waals surface area contributed by atoms with Gasteiger partial charge in [-0.3, -0.25) is 5.32 Å². The van der Waals surface area contributed by atoms with E-state index in [-0.39, 0.29) is 6.17 Å². The molecular weight excluding hydrogens is 120 g/mol. The van der Waals surface area contributed by atoms with Crippen LogP contribution >= 0.6 is 0 Å². The number of aliphatic hydroxyl groups excluding tert-OH is 2. The van der Waals surface area contributed by atoms with Crippen molar-refractivity contribution in [1.82, 2.24) is 5.32 Å². The van der Waals surface area contributed by atoms with Crippen molar-refractivity contribution >= 4 is 0 Å². The monoisotopic (exact) mass is 132 g/mol. The maximum absolute atomic E-state index is 8.97. The van der Waals surface area contributed by atoms with Gasteiger partial charge in [-0.25, -0.2) is 0 Å². The number of rotatable bonds is 0. The van der Waals surface area contributed by atoms with Crippen LogP contribution in [0.15, 0.2) is 0 Å². The van der Waals surface area contributed by atoms with Crippen molar-refractivity contribution in [3.05, 3.63) is 0 Å². The van der Waals surface area contributed by atoms with Crippen LogP contribution in [-0.4, -0.2) is 28.7 Å². The molecule has 5 N–H and O–H groups in total. The fourth-order valence-electron chi connectivity index (χ4n) is 1.03. The van der Waals surface area contributed by atoms with Crippen LogP contribution in [-0.2, 0) is 0 Å². The summed E-state index contributed by atoms with van der Waals surface area (Å²) in [6, 6.07) is 0. The summed E-state index contributed by atoms with van der Waals surface area (Å²) in [4.78, 5) is 0. The normalized spacial score (nSPS) is 45.0. The van der Waals surface area contributed by atoms with Crippen molar-refractivity contribution in [2.75, 3.05) is 0 Å². The molecule has 0 radical (unpaired) electrons. The first-order valence-electron chi connectivity index (χ1n) is 3.06. The molecule has 3 unspecified atom stereocenters. The van der Waals surface area contributed by atoms with Crippen molar-refractivity contribution in [3.63, 3.8) is 0 Å². The zero-order chi connectivity index (χ0) is 6.85. The molecule has 0 amide bonds. The van der Waals surface area contributed by atoms with Gasteiger partial charge in [0.25, 0.3) is 0 Å². The van der Waals surface area contributed by atoms with E-state index in [4.69, 9.17) is 15.9 Å². The zero-order valence-corrected chi connectivity index (χ0v) is 5.12. The Morgan fingerprint density at radius 3 is 2.44 bits per heavy atom. The summed E-state index contributed by atoms with van der Waals surface area (Å²) in [6.07, 6.45) is -0.436. The number of hydrogen-bond acceptors (Lipinski definition) is 4. The van der Waals surface area contributed by atoms with Crippen molar-refractivity contribution in [1.29, 1.82) is 0 Å². The van der Waals surface area contributed by atoms with E-state index < -0.39 is 12.3 Å². The fraction of sp³-hybridized carbons (Fsp3) is 1.00. The average molecular weight is 132 g/mol. The molecule has 9 heavy (non-hydrogen) atoms. The Morgan fingerprint density at radius 2 is 2.00 bits per heavy atom. The second-order valence-corrected chi connectivity index (χ2v) is 2.41. The third-order valence-corrected chi connectivity index (χ3v) is 1.43. The van der Waals surface area contributed by atoms with Crippen molar-refractivity contribution in [2.24, 2.45) is 5.73 Å². The SMILES string of the molecule is NC1CC(O)CC(O)N1. The van der Waals surface area contributed by atoms with Gasteiger partial charge in [0.15, 0.2) is 0 Å². The van der Waals surface area contributed by atoms with E-state index in [1.807, 2.05) is 0 Å². The summed E-state index contributed by atoms with van der Waals surface area (Å²) in [5.41, 5.74) is 5.38. The molecule has 54 valence electrons. The van der Waals surface area contributed by atoms with Crippen LogP contribution in [0.1, 0.15) is 12.8 Å². The van der Waals surface area contributed by atoms with Crippen molar-refractivity contribution in [3.8, 4) is 0 Å². The van der Waals surface area contributed by atoms with Crippen molar-refractivity contribution in [2.45, 2.75) is 31.3 Å². The summed E-state index contributed by atoms with van der Waals surface area (Å²) < 4.78 is 0. The third kappa shape index (κ3) is 1.91. The molecule has 1 aliphatic rings. The Balaban J connectivity index is 2.34. The standard InChI is InChI=1S/C5H12N2O2/c6-4-1-3(8)2-5(9)7-4/h3-5,7-9H,1-2,6H2. The van der Waals surface area contributed by atoms with Gasteiger partial charge in [-0.05, 0) is 0 Å². The summed E-state index contributed by atoms with van der Waals surface area (Å²) in [6.45, 7) is 0. The molecule has 1 fully saturated rings. The number of piperidine rings is 1. The molecule has 4 heteroatoms. The molecule has 0 spiro atoms. The van der Waals surface area contributed by atoms with Gasteiger partial charge in [-0.2, -0.15) is 0 Å². The molecular formula is C5H12N2O2. The molecule has 4 nitrogen and oxygen atoms in total. The smallest absolute Gasteiger partial charge is 0.108 e. The van der Waals surface area contributed by atoms with E-state index in [1.165, 1.54) is 0 Å². The molecule has 0 aromatic rings. The minimum absolute atomic E-state index is 0.260. The van der Waals surface area contributed by atoms with E-state index in [0.717, 1.165) is 0 Å². The second-order valence-electron chi connectivity index (χ2n) is 2.41. The van der Waals surface area contributed by atoms with E-state index in [1.54, 1.807) is 0 Å². The first kappa shape index (κ1) is 6.95. The van der Waals surface area contributed by atoms with Crippen LogP contribution < -0.4 is 11.1 Å². The first-order valence-corrected chi connectivity index (χ1v) is 3.06. The van der Waals surface area contributed by atoms with Crippen LogP contribution in [0.5, 0.6) is 0 Å². The Morgan fingerprint density at radius 1 is 1.33 bits per heavy atom. The lowest BCUT2D eigenvalue weighted by molar-refractivity contribution is 0.00938. The Kier molecular flexibility index (Phi) is 2.02. The van der Waals surface area contributed by atoms with Gasteiger partial charge in [0.05, 0.1) is 12.3 Å². The lowest BCUT2D eigenvalue weighted by Gasteiger charge is -2.28. The van der Waals surface area contributed by atoms with Gasteiger partial charge >= 0.3 is 0 Å². The molecule has 1 heterocycles. The highest BCUT2D eigenvalue weighted by Crippen LogP contribution is 2.08. The number of aliphatic hydroxyl groups is 2. The molecule has 0 bridgehead atoms. The summed E-state index contributed by atoms with van der Waals surface area (Å²) in [7, 11) is 0. The number of nitrogens with one attached hydrogen (secondary N) is 1. The first-order chi connectivity index (χ1) is 4.18. The van der Waals surface area contributed by atoms with Crippen LogP contribution in [0.3, 0.4) is 0 Å². The molecule has 0 aliphatic carbocycles. The molecule has 1 aliphatic heterocycles. The van der Waals surface area contributed by atoms with Gasteiger partial charge in [0.2, 0.25) is 0 Å². The van der Waals surface area contributed by atoms with Crippen molar-refractivity contribution < 1.29 is 10.2 Å². The molecule has 1 saturated heterocycles. The topological polar surface area (TPSA) is 78.5 Å². The fourth-order valence-corrected chi connectivity index (χ4v) is 1.03. The zero-order valence-electron chi connectivity index (χ0n) is 5.12. The quantitative estimate of drug-likeness (QED) is 0.318. The maximum atomic E-state index is 8.97. The average Bonchev–Trinajstić information content (AvgIpc) is 1.59. The highest BCUT2D eigenvalue weighted by atomic mass is 16.3. The predicted octanol–water partition coefficient (Wildman–Crippen LogP) is -1.67. The van der Waals surface area contributed by atoms with E-state index in [2.05, 4.69) is 5.32 Å². The van der Waals surface area contributed by atoms with Gasteiger partial charge < -0.3 is 15.9 Å². The minimum Gasteiger partial charge on any atom is -0.393 e. The van der Waals surface area contributed by atoms with E-state index in [0.29, 0.717) is 12.8 Å². The second kappa shape index (κ2) is 2.62. The number of hydrogen-bond donors (Lipinski definition) is 4. The van der Waals surface area contributed by atoms with Gasteiger partial charge in [0.1, 0.15) is 6.23 Å². The largest absolute Gasteiger partial charge is 0.393 e. The van der Waals surface area contributed by atoms with Gasteiger partial charge in [-0.1, -0.05) is 0 Å². The molecule has 0 aromatic heterocycles. The van der Waals surface area contributed by atoms with E-state index >= 15 is 0 Å². The maximum Gasteiger partial charge on any atom is 0.108 e. The molecule has 1 rings (SSSR count). The van der Waals surface area contributed by atoms with E-state index in [9.17, 15) is 0 Å². The van der Waals surface area contributed by atoms with Crippen LogP contribution in [0, 0.1) is 0 Å². The van der Waals surface area contributed by atoms with Gasteiger partial charge in [-0.15, -0.1) is 0 Å². The highest BCUT2D eigenvalue weighted by Gasteiger charge is 2.22. The van der Waals surface area contributed by atoms with Gasteiger partial charge in [0, 0.05) is 12.8 Å². The molecule has 0 aromatic carbocycles. The lowest BCUT2D eigenvalue weighted by Crippen LogP contribution is -2.51.